The summed E-state index contributed by atoms with van der Waals surface area (Å²) in [5.41, 5.74) is 4.84. The molecule has 0 aliphatic heterocycles. The predicted octanol–water partition coefficient (Wildman–Crippen LogP) is 4.92. The molecule has 0 N–H and O–H groups in total. The fourth-order valence-corrected chi connectivity index (χ4v) is 15.5. The Labute approximate surface area is 206 Å². The Bertz CT molecular complexity index is 770. The van der Waals surface area contributed by atoms with Gasteiger partial charge in [0, 0.05) is 0 Å². The molecular weight excluding hydrogens is 491 g/mol. The molecular formula is C21H39Cl3Si3Ti. The predicted molar refractivity (Wildman–Crippen MR) is 143 cm³/mol. The summed E-state index contributed by atoms with van der Waals surface area (Å²) in [5, 5.41) is 3.94. The standard InChI is InChI=1S/C12H21Si2.C9H15Si.3ClH.Ti/c1-13(2,3)11-9-7-8-10-12(11)14(4,5)6;1-6-5-9(4,10)8(3)7(6)2;;;;/h7-9H,1-6H3;1-4,10H3;3*1H;. The summed E-state index contributed by atoms with van der Waals surface area (Å²) in [6, 6.07) is 7.30. The Morgan fingerprint density at radius 1 is 0.821 bits per heavy atom. The van der Waals surface area contributed by atoms with Gasteiger partial charge in [-0.1, -0.05) is 0 Å². The van der Waals surface area contributed by atoms with Crippen LogP contribution in [-0.2, 0) is 19.2 Å². The summed E-state index contributed by atoms with van der Waals surface area (Å²) in [4.78, 5) is 0. The van der Waals surface area contributed by atoms with Crippen LogP contribution in [0.3, 0.4) is 0 Å². The Kier molecular flexibility index (Phi) is 11.7. The molecule has 0 fully saturated rings. The van der Waals surface area contributed by atoms with Crippen molar-refractivity contribution in [3.05, 3.63) is 38.8 Å². The zero-order valence-electron chi connectivity index (χ0n) is 19.5. The average Bonchev–Trinajstić information content (AvgIpc) is 2.60. The summed E-state index contributed by atoms with van der Waals surface area (Å²) in [7, 11) is -1.45. The van der Waals surface area contributed by atoms with Crippen molar-refractivity contribution in [2.45, 2.75) is 72.0 Å². The van der Waals surface area contributed by atoms with Gasteiger partial charge in [0.15, 0.2) is 0 Å². The fraction of sp³-hybridized carbons (Fsp3) is 0.524. The molecule has 1 unspecified atom stereocenters. The number of allylic oxidation sites excluding steroid dienone is 4. The first-order chi connectivity index (χ1) is 11.2. The minimum Gasteiger partial charge on any atom is -0.147 e. The van der Waals surface area contributed by atoms with E-state index in [1.807, 2.05) is 9.06 Å². The minimum atomic E-state index is -1.37. The molecule has 0 aromatic heterocycles. The first-order valence-electron chi connectivity index (χ1n) is 9.49. The number of halogens is 3. The van der Waals surface area contributed by atoms with Gasteiger partial charge >= 0.3 is 171 Å². The van der Waals surface area contributed by atoms with Gasteiger partial charge in [0.1, 0.15) is 0 Å². The maximum atomic E-state index is 2.55. The molecule has 0 amide bonds. The molecule has 1 aromatic rings. The fourth-order valence-electron chi connectivity index (χ4n) is 4.07. The van der Waals surface area contributed by atoms with Gasteiger partial charge in [-0.05, 0) is 0 Å². The second-order valence-electron chi connectivity index (χ2n) is 10.2. The first-order valence-corrected chi connectivity index (χ1v) is 19.1. The first kappa shape index (κ1) is 31.1. The zero-order chi connectivity index (χ0) is 19.4. The maximum absolute atomic E-state index is 2.55. The van der Waals surface area contributed by atoms with Crippen molar-refractivity contribution in [2.24, 2.45) is 0 Å². The van der Waals surface area contributed by atoms with E-state index in [0.29, 0.717) is 5.04 Å². The molecule has 160 valence electrons. The van der Waals surface area contributed by atoms with Crippen molar-refractivity contribution < 1.29 is 19.2 Å². The molecule has 0 bridgehead atoms. The number of rotatable bonds is 4. The molecule has 0 nitrogen and oxygen atoms in total. The van der Waals surface area contributed by atoms with Crippen molar-refractivity contribution in [3.8, 4) is 0 Å². The molecule has 2 rings (SSSR count). The van der Waals surface area contributed by atoms with E-state index in [2.05, 4.69) is 85.2 Å². The van der Waals surface area contributed by atoms with Gasteiger partial charge in [-0.15, -0.1) is 37.2 Å². The molecule has 0 saturated carbocycles. The topological polar surface area (TPSA) is 0 Å². The number of hydrogen-bond donors (Lipinski definition) is 0. The summed E-state index contributed by atoms with van der Waals surface area (Å²) < 4.78 is 3.57. The molecule has 0 saturated heterocycles. The van der Waals surface area contributed by atoms with Gasteiger partial charge in [0.05, 0.1) is 0 Å². The van der Waals surface area contributed by atoms with Gasteiger partial charge < -0.3 is 0 Å². The Morgan fingerprint density at radius 2 is 1.32 bits per heavy atom. The van der Waals surface area contributed by atoms with Crippen molar-refractivity contribution in [3.63, 3.8) is 0 Å². The van der Waals surface area contributed by atoms with Crippen molar-refractivity contribution in [1.82, 2.24) is 0 Å². The van der Waals surface area contributed by atoms with E-state index in [1.54, 1.807) is 25.8 Å². The molecule has 1 aliphatic rings. The van der Waals surface area contributed by atoms with Gasteiger partial charge in [0.2, 0.25) is 0 Å². The van der Waals surface area contributed by atoms with Crippen molar-refractivity contribution in [1.29, 1.82) is 0 Å². The molecule has 7 heteroatoms. The second kappa shape index (κ2) is 10.5. The van der Waals surface area contributed by atoms with Crippen LogP contribution in [-0.4, -0.2) is 26.4 Å². The Balaban J connectivity index is 0. The van der Waals surface area contributed by atoms with Crippen LogP contribution in [0.5, 0.6) is 0 Å². The maximum Gasteiger partial charge on any atom is -0.147 e. The van der Waals surface area contributed by atoms with Crippen LogP contribution in [0.4, 0.5) is 0 Å². The van der Waals surface area contributed by atoms with E-state index >= 15 is 0 Å². The van der Waals surface area contributed by atoms with E-state index in [0.717, 1.165) is 0 Å². The van der Waals surface area contributed by atoms with E-state index < -0.39 is 16.1 Å². The van der Waals surface area contributed by atoms with E-state index in [9.17, 15) is 0 Å². The zero-order valence-corrected chi connectivity index (χ0v) is 27.5. The molecule has 1 aromatic carbocycles. The smallest absolute Gasteiger partial charge is 0.147 e. The van der Waals surface area contributed by atoms with E-state index in [-0.39, 0.29) is 56.4 Å². The monoisotopic (exact) mass is 528 g/mol. The van der Waals surface area contributed by atoms with Gasteiger partial charge in [-0.2, -0.15) is 0 Å². The largest absolute Gasteiger partial charge is 0.147 e. The summed E-state index contributed by atoms with van der Waals surface area (Å²) in [5.74, 6) is 0. The van der Waals surface area contributed by atoms with Gasteiger partial charge in [-0.25, -0.2) is 0 Å². The average molecular weight is 530 g/mol. The quantitative estimate of drug-likeness (QED) is 0.486. The molecule has 0 spiro atoms. The SMILES string of the molecule is CC1=C(C)C(C)([SiH3])[C]([Ti][c]2cccc([Si](C)(C)C)c2[Si](C)(C)C)=C1C.Cl.Cl.Cl. The van der Waals surface area contributed by atoms with Crippen LogP contribution >= 0.6 is 37.2 Å². The third-order valence-electron chi connectivity index (χ3n) is 5.94. The molecule has 28 heavy (non-hydrogen) atoms. The Hall–Kier alpha value is 0.935. The molecule has 1 atom stereocenters. The second-order valence-corrected chi connectivity index (χ2v) is 24.3. The van der Waals surface area contributed by atoms with Crippen LogP contribution in [0.2, 0.25) is 44.3 Å². The van der Waals surface area contributed by atoms with Crippen LogP contribution in [0.1, 0.15) is 27.7 Å². The molecule has 0 heterocycles. The molecule has 0 radical (unpaired) electrons. The third kappa shape index (κ3) is 6.00. The number of benzene rings is 1. The van der Waals surface area contributed by atoms with Gasteiger partial charge in [0.25, 0.3) is 0 Å². The van der Waals surface area contributed by atoms with Crippen LogP contribution < -0.4 is 14.2 Å². The Morgan fingerprint density at radius 3 is 1.68 bits per heavy atom. The van der Waals surface area contributed by atoms with Gasteiger partial charge in [-0.3, -0.25) is 0 Å². The van der Waals surface area contributed by atoms with Crippen LogP contribution in [0.15, 0.2) is 38.8 Å². The van der Waals surface area contributed by atoms with E-state index in [1.165, 1.54) is 10.2 Å². The van der Waals surface area contributed by atoms with E-state index in [4.69, 9.17) is 0 Å². The van der Waals surface area contributed by atoms with Crippen molar-refractivity contribution in [2.75, 3.05) is 0 Å². The third-order valence-corrected chi connectivity index (χ3v) is 15.7. The summed E-state index contributed by atoms with van der Waals surface area (Å²) in [6.45, 7) is 24.8. The number of hydrogen-bond acceptors (Lipinski definition) is 0. The summed E-state index contributed by atoms with van der Waals surface area (Å²) in [6.07, 6.45) is 0. The minimum absolute atomic E-state index is 0. The van der Waals surface area contributed by atoms with Crippen LogP contribution in [0.25, 0.3) is 0 Å². The summed E-state index contributed by atoms with van der Waals surface area (Å²) >= 11 is -0.253. The van der Waals surface area contributed by atoms with Crippen molar-refractivity contribution >= 4 is 77.9 Å². The van der Waals surface area contributed by atoms with Crippen LogP contribution in [0, 0.1) is 0 Å². The molecule has 1 aliphatic carbocycles. The normalized spacial score (nSPS) is 19.8.